The second-order valence-electron chi connectivity index (χ2n) is 14.4. The quantitative estimate of drug-likeness (QED) is 0.0549. The first-order valence-electron chi connectivity index (χ1n) is 19.0. The van der Waals surface area contributed by atoms with E-state index in [2.05, 4.69) is 30.9 Å². The van der Waals surface area contributed by atoms with Crippen LogP contribution in [0.15, 0.2) is 73.3 Å². The van der Waals surface area contributed by atoms with E-state index in [-0.39, 0.29) is 44.6 Å². The summed E-state index contributed by atoms with van der Waals surface area (Å²) in [5, 5.41) is 9.33. The molecule has 1 aliphatic heterocycles. The van der Waals surface area contributed by atoms with Gasteiger partial charge in [-0.3, -0.25) is 28.8 Å². The van der Waals surface area contributed by atoms with Crippen molar-refractivity contribution in [1.82, 2.24) is 35.8 Å². The summed E-state index contributed by atoms with van der Waals surface area (Å²) in [5.74, 6) is -3.85. The summed E-state index contributed by atoms with van der Waals surface area (Å²) in [6.07, 6.45) is 6.63. The molecule has 16 nitrogen and oxygen atoms in total. The van der Waals surface area contributed by atoms with Crippen LogP contribution in [-0.4, -0.2) is 98.5 Å². The van der Waals surface area contributed by atoms with Crippen molar-refractivity contribution in [3.63, 3.8) is 0 Å². The summed E-state index contributed by atoms with van der Waals surface area (Å²) in [7, 11) is 0. The molecule has 4 aromatic rings. The van der Waals surface area contributed by atoms with E-state index in [4.69, 9.17) is 17.2 Å². The molecule has 298 valence electrons. The van der Waals surface area contributed by atoms with Gasteiger partial charge in [0.1, 0.15) is 12.1 Å². The van der Waals surface area contributed by atoms with Crippen LogP contribution in [-0.2, 0) is 48.0 Å². The third kappa shape index (κ3) is 11.1. The number of likely N-dealkylation sites (tertiary alicyclic amines) is 1. The number of ketones is 1. The first kappa shape index (κ1) is 41.3. The SMILES string of the molecule is C[C@@H](C(=O)N[C@@H](Cc1c[nH]c2ccccc12)C(=O)C[C@H](Cc1ccccc1)C(=O)N[C@@H](CCCCN)C(N)=O)N1C[C@H](NC(=O)[C@@H](N)Cc2cnc[nH]2)CC1=O. The number of nitrogens with zero attached hydrogens (tertiary/aromatic N) is 2. The summed E-state index contributed by atoms with van der Waals surface area (Å²) in [5.41, 5.74) is 20.5. The molecule has 0 bridgehead atoms. The Kier molecular flexibility index (Phi) is 14.5. The van der Waals surface area contributed by atoms with Gasteiger partial charge in [0.25, 0.3) is 0 Å². The van der Waals surface area contributed by atoms with Crippen LogP contribution in [0.5, 0.6) is 0 Å². The summed E-state index contributed by atoms with van der Waals surface area (Å²) in [6, 6.07) is 12.3. The van der Waals surface area contributed by atoms with Crippen LogP contribution in [0, 0.1) is 5.92 Å². The van der Waals surface area contributed by atoms with Gasteiger partial charge in [-0.05, 0) is 56.3 Å². The molecule has 6 atom stereocenters. The maximum atomic E-state index is 14.4. The van der Waals surface area contributed by atoms with Crippen LogP contribution in [0.25, 0.3) is 10.9 Å². The molecular formula is C40H52N10O6. The minimum absolute atomic E-state index is 0.0212. The molecular weight excluding hydrogens is 717 g/mol. The van der Waals surface area contributed by atoms with E-state index in [1.54, 1.807) is 19.3 Å². The molecule has 5 rings (SSSR count). The Hall–Kier alpha value is -5.87. The average Bonchev–Trinajstić information content (AvgIpc) is 3.94. The number of nitrogens with one attached hydrogen (secondary N) is 5. The highest BCUT2D eigenvalue weighted by Crippen LogP contribution is 2.22. The Bertz CT molecular complexity index is 1970. The van der Waals surface area contributed by atoms with E-state index in [9.17, 15) is 28.8 Å². The monoisotopic (exact) mass is 768 g/mol. The van der Waals surface area contributed by atoms with Crippen LogP contribution in [0.1, 0.15) is 55.8 Å². The Balaban J connectivity index is 1.32. The lowest BCUT2D eigenvalue weighted by Crippen LogP contribution is -2.53. The van der Waals surface area contributed by atoms with Crippen molar-refractivity contribution >= 4 is 46.2 Å². The van der Waals surface area contributed by atoms with Crippen LogP contribution >= 0.6 is 0 Å². The third-order valence-electron chi connectivity index (χ3n) is 10.2. The Morgan fingerprint density at radius 3 is 2.36 bits per heavy atom. The highest BCUT2D eigenvalue weighted by molar-refractivity contribution is 5.96. The number of carbonyl (C=O) groups is 6. The Morgan fingerprint density at radius 2 is 1.64 bits per heavy atom. The number of Topliss-reactive ketones (excluding diaryl/α,β-unsaturated/α-hetero) is 1. The number of fused-ring (bicyclic) bond motifs is 1. The summed E-state index contributed by atoms with van der Waals surface area (Å²) < 4.78 is 0. The predicted octanol–water partition coefficient (Wildman–Crippen LogP) is 0.511. The molecule has 0 radical (unpaired) electrons. The molecule has 16 heteroatoms. The number of H-pyrrole nitrogens is 2. The fourth-order valence-electron chi connectivity index (χ4n) is 7.05. The standard InChI is InChI=1S/C40H52N10O6/c1-24(50-22-29(19-36(50)52)47-40(56)31(42)18-28-21-44-23-46-28)38(54)49-34(16-27-20-45-32-12-6-5-11-30(27)32)35(51)17-26(15-25-9-3-2-4-10-25)39(55)48-33(37(43)53)13-7-8-14-41/h2-6,9-12,20-21,23-24,26,29,31,33-34,45H,7-8,13-19,22,41-42H2,1H3,(H2,43,53)(H,44,46)(H,47,56)(H,48,55)(H,49,54)/t24-,26-,29+,31-,33-,34-/m0/s1. The van der Waals surface area contributed by atoms with Crippen LogP contribution in [0.2, 0.25) is 0 Å². The normalized spacial score (nSPS) is 16.8. The number of benzene rings is 2. The number of aromatic amines is 2. The molecule has 2 aromatic carbocycles. The van der Waals surface area contributed by atoms with Crippen molar-refractivity contribution in [2.45, 2.75) is 88.5 Å². The number of primary amides is 1. The fraction of sp³-hybridized carbons (Fsp3) is 0.425. The maximum Gasteiger partial charge on any atom is 0.243 e. The Morgan fingerprint density at radius 1 is 0.911 bits per heavy atom. The molecule has 1 aliphatic rings. The average molecular weight is 769 g/mol. The van der Waals surface area contributed by atoms with Crippen molar-refractivity contribution < 1.29 is 28.8 Å². The van der Waals surface area contributed by atoms with Crippen molar-refractivity contribution in [3.05, 3.63) is 90.1 Å². The van der Waals surface area contributed by atoms with Crippen molar-refractivity contribution in [2.24, 2.45) is 23.1 Å². The zero-order valence-corrected chi connectivity index (χ0v) is 31.5. The summed E-state index contributed by atoms with van der Waals surface area (Å²) >= 11 is 0. The topological polar surface area (TPSA) is 264 Å². The van der Waals surface area contributed by atoms with Gasteiger partial charge in [0, 0.05) is 67.1 Å². The molecule has 3 heterocycles. The van der Waals surface area contributed by atoms with Gasteiger partial charge in [0.05, 0.1) is 24.5 Å². The lowest BCUT2D eigenvalue weighted by molar-refractivity contribution is -0.138. The van der Waals surface area contributed by atoms with Gasteiger partial charge in [-0.2, -0.15) is 0 Å². The molecule has 5 amide bonds. The number of aromatic nitrogens is 3. The highest BCUT2D eigenvalue weighted by atomic mass is 16.2. The number of amides is 5. The molecule has 0 spiro atoms. The predicted molar refractivity (Wildman–Crippen MR) is 209 cm³/mol. The van der Waals surface area contributed by atoms with Gasteiger partial charge in [0.2, 0.25) is 29.5 Å². The van der Waals surface area contributed by atoms with E-state index in [0.29, 0.717) is 31.5 Å². The van der Waals surface area contributed by atoms with E-state index in [1.165, 1.54) is 11.2 Å². The van der Waals surface area contributed by atoms with E-state index >= 15 is 0 Å². The number of hydrogen-bond acceptors (Lipinski definition) is 9. The van der Waals surface area contributed by atoms with Crippen molar-refractivity contribution in [2.75, 3.05) is 13.1 Å². The second-order valence-corrected chi connectivity index (χ2v) is 14.4. The van der Waals surface area contributed by atoms with E-state index < -0.39 is 65.5 Å². The lowest BCUT2D eigenvalue weighted by Gasteiger charge is -2.27. The number of rotatable bonds is 21. The molecule has 56 heavy (non-hydrogen) atoms. The molecule has 2 aromatic heterocycles. The van der Waals surface area contributed by atoms with Gasteiger partial charge in [0.15, 0.2) is 5.78 Å². The number of para-hydroxylation sites is 1. The number of unbranched alkanes of at least 4 members (excludes halogenated alkanes) is 1. The van der Waals surface area contributed by atoms with Crippen molar-refractivity contribution in [3.8, 4) is 0 Å². The number of hydrogen-bond donors (Lipinski definition) is 8. The first-order chi connectivity index (χ1) is 26.9. The van der Waals surface area contributed by atoms with Gasteiger partial charge in [-0.25, -0.2) is 4.98 Å². The Labute approximate surface area is 325 Å². The fourth-order valence-corrected chi connectivity index (χ4v) is 7.05. The maximum absolute atomic E-state index is 14.4. The number of imidazole rings is 1. The first-order valence-corrected chi connectivity index (χ1v) is 19.0. The molecule has 0 saturated carbocycles. The summed E-state index contributed by atoms with van der Waals surface area (Å²) in [6.45, 7) is 2.06. The minimum atomic E-state index is -1.08. The smallest absolute Gasteiger partial charge is 0.243 e. The van der Waals surface area contributed by atoms with Crippen LogP contribution < -0.4 is 33.2 Å². The highest BCUT2D eigenvalue weighted by Gasteiger charge is 2.38. The minimum Gasteiger partial charge on any atom is -0.368 e. The lowest BCUT2D eigenvalue weighted by atomic mass is 9.89. The van der Waals surface area contributed by atoms with Crippen LogP contribution in [0.3, 0.4) is 0 Å². The zero-order chi connectivity index (χ0) is 40.2. The number of nitrogens with two attached hydrogens (primary N) is 3. The molecule has 0 unspecified atom stereocenters. The number of carbonyl (C=O) groups excluding carboxylic acids is 6. The van der Waals surface area contributed by atoms with Crippen molar-refractivity contribution in [1.29, 1.82) is 0 Å². The largest absolute Gasteiger partial charge is 0.368 e. The molecule has 0 aliphatic carbocycles. The molecule has 1 fully saturated rings. The molecule has 1 saturated heterocycles. The van der Waals surface area contributed by atoms with Crippen LogP contribution in [0.4, 0.5) is 0 Å². The van der Waals surface area contributed by atoms with Gasteiger partial charge < -0.3 is 48.0 Å². The zero-order valence-electron chi connectivity index (χ0n) is 31.5. The molecule has 11 N–H and O–H groups in total. The van der Waals surface area contributed by atoms with Gasteiger partial charge >= 0.3 is 0 Å². The van der Waals surface area contributed by atoms with Gasteiger partial charge in [-0.15, -0.1) is 0 Å². The third-order valence-corrected chi connectivity index (χ3v) is 10.2. The van der Waals surface area contributed by atoms with E-state index in [1.807, 2.05) is 54.6 Å². The summed E-state index contributed by atoms with van der Waals surface area (Å²) in [4.78, 5) is 91.9. The van der Waals surface area contributed by atoms with Gasteiger partial charge in [-0.1, -0.05) is 48.5 Å². The second kappa shape index (κ2) is 19.6. The van der Waals surface area contributed by atoms with E-state index in [0.717, 1.165) is 22.0 Å².